The van der Waals surface area contributed by atoms with Crippen molar-refractivity contribution in [1.82, 2.24) is 9.97 Å². The molecular formula is C14H17N3O. The second-order valence-corrected chi connectivity index (χ2v) is 4.30. The van der Waals surface area contributed by atoms with Crippen LogP contribution in [0.15, 0.2) is 42.7 Å². The third-order valence-electron chi connectivity index (χ3n) is 2.77. The first kappa shape index (κ1) is 12.5. The van der Waals surface area contributed by atoms with Crippen LogP contribution in [-0.4, -0.2) is 22.1 Å². The molecule has 0 aliphatic rings. The van der Waals surface area contributed by atoms with Gasteiger partial charge >= 0.3 is 0 Å². The smallest absolute Gasteiger partial charge is 0.128 e. The number of pyridine rings is 2. The number of aromatic nitrogens is 2. The maximum absolute atomic E-state index is 9.42. The zero-order chi connectivity index (χ0) is 13.0. The van der Waals surface area contributed by atoms with E-state index in [1.807, 2.05) is 42.3 Å². The first-order valence-electron chi connectivity index (χ1n) is 5.92. The molecule has 2 aromatic heterocycles. The highest BCUT2D eigenvalue weighted by atomic mass is 16.3. The molecule has 2 aromatic rings. The van der Waals surface area contributed by atoms with Crippen LogP contribution in [-0.2, 0) is 6.54 Å². The number of hydrogen-bond acceptors (Lipinski definition) is 4. The minimum absolute atomic E-state index is 0.479. The fraction of sp³-hybridized carbons (Fsp3) is 0.286. The summed E-state index contributed by atoms with van der Waals surface area (Å²) >= 11 is 0. The molecule has 0 saturated carbocycles. The molecule has 0 saturated heterocycles. The van der Waals surface area contributed by atoms with Crippen LogP contribution in [0.1, 0.15) is 24.3 Å². The Morgan fingerprint density at radius 1 is 1.22 bits per heavy atom. The van der Waals surface area contributed by atoms with E-state index < -0.39 is 6.10 Å². The van der Waals surface area contributed by atoms with Crippen molar-refractivity contribution in [3.05, 3.63) is 54.0 Å². The van der Waals surface area contributed by atoms with Gasteiger partial charge in [0.2, 0.25) is 0 Å². The molecule has 0 aliphatic heterocycles. The molecule has 94 valence electrons. The summed E-state index contributed by atoms with van der Waals surface area (Å²) in [6.45, 7) is 2.44. The molecular weight excluding hydrogens is 226 g/mol. The third kappa shape index (κ3) is 3.05. The van der Waals surface area contributed by atoms with Gasteiger partial charge in [0.15, 0.2) is 0 Å². The molecule has 0 fully saturated rings. The second kappa shape index (κ2) is 5.60. The van der Waals surface area contributed by atoms with Crippen LogP contribution in [0, 0.1) is 0 Å². The zero-order valence-electron chi connectivity index (χ0n) is 10.6. The zero-order valence-corrected chi connectivity index (χ0v) is 10.6. The third-order valence-corrected chi connectivity index (χ3v) is 2.77. The standard InChI is InChI=1S/C14H17N3O/c1-11(18)12-6-7-14(16-9-12)17(2)10-13-5-3-4-8-15-13/h3-9,11,18H,10H2,1-2H3/t11-/m0/s1. The van der Waals surface area contributed by atoms with E-state index in [0.717, 1.165) is 17.1 Å². The largest absolute Gasteiger partial charge is 0.389 e. The summed E-state index contributed by atoms with van der Waals surface area (Å²) in [5.74, 6) is 0.866. The summed E-state index contributed by atoms with van der Waals surface area (Å²) in [5.41, 5.74) is 1.83. The summed E-state index contributed by atoms with van der Waals surface area (Å²) in [7, 11) is 1.97. The Hall–Kier alpha value is -1.94. The number of rotatable bonds is 4. The lowest BCUT2D eigenvalue weighted by Crippen LogP contribution is -2.18. The number of aliphatic hydroxyl groups excluding tert-OH is 1. The van der Waals surface area contributed by atoms with Crippen LogP contribution in [0.3, 0.4) is 0 Å². The molecule has 4 heteroatoms. The SMILES string of the molecule is C[C@H](O)c1ccc(N(C)Cc2ccccn2)nc1. The Morgan fingerprint density at radius 2 is 2.06 bits per heavy atom. The highest BCUT2D eigenvalue weighted by Crippen LogP contribution is 2.16. The quantitative estimate of drug-likeness (QED) is 0.894. The Bertz CT molecular complexity index is 482. The molecule has 0 spiro atoms. The molecule has 0 radical (unpaired) electrons. The highest BCUT2D eigenvalue weighted by molar-refractivity contribution is 5.39. The molecule has 1 N–H and O–H groups in total. The van der Waals surface area contributed by atoms with Gasteiger partial charge in [0.05, 0.1) is 18.3 Å². The van der Waals surface area contributed by atoms with Gasteiger partial charge in [-0.2, -0.15) is 0 Å². The molecule has 0 amide bonds. The van der Waals surface area contributed by atoms with Gasteiger partial charge in [-0.25, -0.2) is 4.98 Å². The van der Waals surface area contributed by atoms with E-state index in [9.17, 15) is 5.11 Å². The fourth-order valence-electron chi connectivity index (χ4n) is 1.69. The van der Waals surface area contributed by atoms with Gasteiger partial charge in [-0.1, -0.05) is 12.1 Å². The summed E-state index contributed by atoms with van der Waals surface area (Å²) < 4.78 is 0. The first-order chi connectivity index (χ1) is 8.66. The van der Waals surface area contributed by atoms with Crippen molar-refractivity contribution in [3.8, 4) is 0 Å². The van der Waals surface area contributed by atoms with E-state index in [4.69, 9.17) is 0 Å². The maximum atomic E-state index is 9.42. The molecule has 1 atom stereocenters. The number of aliphatic hydroxyl groups is 1. The summed E-state index contributed by atoms with van der Waals surface area (Å²) in [4.78, 5) is 10.6. The van der Waals surface area contributed by atoms with Gasteiger partial charge in [0.25, 0.3) is 0 Å². The average molecular weight is 243 g/mol. The van der Waals surface area contributed by atoms with Crippen LogP contribution in [0.25, 0.3) is 0 Å². The number of nitrogens with zero attached hydrogens (tertiary/aromatic N) is 3. The van der Waals surface area contributed by atoms with Crippen molar-refractivity contribution in [2.24, 2.45) is 0 Å². The Kier molecular flexibility index (Phi) is 3.89. The summed E-state index contributed by atoms with van der Waals surface area (Å²) in [6.07, 6.45) is 3.01. The predicted octanol–water partition coefficient (Wildman–Crippen LogP) is 2.17. The van der Waals surface area contributed by atoms with E-state index >= 15 is 0 Å². The summed E-state index contributed by atoms with van der Waals surface area (Å²) in [6, 6.07) is 9.66. The molecule has 18 heavy (non-hydrogen) atoms. The van der Waals surface area contributed by atoms with Gasteiger partial charge in [-0.05, 0) is 30.7 Å². The van der Waals surface area contributed by atoms with Gasteiger partial charge < -0.3 is 10.0 Å². The van der Waals surface area contributed by atoms with E-state index in [0.29, 0.717) is 6.54 Å². The van der Waals surface area contributed by atoms with E-state index in [2.05, 4.69) is 9.97 Å². The Balaban J connectivity index is 2.07. The lowest BCUT2D eigenvalue weighted by atomic mass is 10.2. The lowest BCUT2D eigenvalue weighted by molar-refractivity contribution is 0.199. The molecule has 0 unspecified atom stereocenters. The number of anilines is 1. The first-order valence-corrected chi connectivity index (χ1v) is 5.92. The topological polar surface area (TPSA) is 49.2 Å². The normalized spacial score (nSPS) is 12.2. The lowest BCUT2D eigenvalue weighted by Gasteiger charge is -2.18. The van der Waals surface area contributed by atoms with Gasteiger partial charge in [-0.15, -0.1) is 0 Å². The molecule has 2 rings (SSSR count). The Morgan fingerprint density at radius 3 is 2.61 bits per heavy atom. The molecule has 2 heterocycles. The fourth-order valence-corrected chi connectivity index (χ4v) is 1.69. The van der Waals surface area contributed by atoms with Crippen molar-refractivity contribution in [2.75, 3.05) is 11.9 Å². The molecule has 0 aliphatic carbocycles. The minimum atomic E-state index is -0.479. The molecule has 4 nitrogen and oxygen atoms in total. The van der Waals surface area contributed by atoms with Crippen molar-refractivity contribution in [1.29, 1.82) is 0 Å². The second-order valence-electron chi connectivity index (χ2n) is 4.30. The molecule has 0 bridgehead atoms. The summed E-state index contributed by atoms with van der Waals surface area (Å²) in [5, 5.41) is 9.42. The van der Waals surface area contributed by atoms with E-state index in [-0.39, 0.29) is 0 Å². The monoisotopic (exact) mass is 243 g/mol. The number of hydrogen-bond donors (Lipinski definition) is 1. The van der Waals surface area contributed by atoms with Crippen molar-refractivity contribution in [2.45, 2.75) is 19.6 Å². The van der Waals surface area contributed by atoms with Crippen LogP contribution in [0.5, 0.6) is 0 Å². The highest BCUT2D eigenvalue weighted by Gasteiger charge is 2.06. The van der Waals surface area contributed by atoms with Gasteiger partial charge in [0, 0.05) is 19.4 Å². The van der Waals surface area contributed by atoms with E-state index in [1.54, 1.807) is 19.3 Å². The Labute approximate surface area is 107 Å². The van der Waals surface area contributed by atoms with Crippen molar-refractivity contribution >= 4 is 5.82 Å². The maximum Gasteiger partial charge on any atom is 0.128 e. The van der Waals surface area contributed by atoms with Crippen LogP contribution >= 0.6 is 0 Å². The predicted molar refractivity (Wildman–Crippen MR) is 71.2 cm³/mol. The van der Waals surface area contributed by atoms with Crippen molar-refractivity contribution in [3.63, 3.8) is 0 Å². The van der Waals surface area contributed by atoms with Crippen molar-refractivity contribution < 1.29 is 5.11 Å². The van der Waals surface area contributed by atoms with Gasteiger partial charge in [-0.3, -0.25) is 4.98 Å². The van der Waals surface area contributed by atoms with E-state index in [1.165, 1.54) is 0 Å². The minimum Gasteiger partial charge on any atom is -0.389 e. The van der Waals surface area contributed by atoms with Crippen LogP contribution < -0.4 is 4.90 Å². The van der Waals surface area contributed by atoms with Gasteiger partial charge in [0.1, 0.15) is 5.82 Å². The average Bonchev–Trinajstić information content (AvgIpc) is 2.40. The molecule has 0 aromatic carbocycles. The van der Waals surface area contributed by atoms with Crippen LogP contribution in [0.4, 0.5) is 5.82 Å². The van der Waals surface area contributed by atoms with Crippen LogP contribution in [0.2, 0.25) is 0 Å².